The van der Waals surface area contributed by atoms with Crippen LogP contribution in [0.15, 0.2) is 29.2 Å². The van der Waals surface area contributed by atoms with E-state index in [1.54, 1.807) is 31.2 Å². The van der Waals surface area contributed by atoms with Crippen LogP contribution in [0.25, 0.3) is 6.08 Å². The highest BCUT2D eigenvalue weighted by atomic mass is 32.2. The lowest BCUT2D eigenvalue weighted by molar-refractivity contribution is -0.150. The Bertz CT molecular complexity index is 772. The van der Waals surface area contributed by atoms with Crippen LogP contribution in [0.2, 0.25) is 0 Å². The molecule has 0 aliphatic carbocycles. The van der Waals surface area contributed by atoms with Crippen molar-refractivity contribution in [3.63, 3.8) is 0 Å². The van der Waals surface area contributed by atoms with E-state index in [1.165, 1.54) is 6.08 Å². The zero-order valence-corrected chi connectivity index (χ0v) is 15.7. The minimum atomic E-state index is -1.08. The molecule has 1 N–H and O–H groups in total. The monoisotopic (exact) mass is 393 g/mol. The number of carboxylic acids is 1. The van der Waals surface area contributed by atoms with Gasteiger partial charge < -0.3 is 14.6 Å². The van der Waals surface area contributed by atoms with Crippen molar-refractivity contribution in [3.05, 3.63) is 34.7 Å². The Kier molecular flexibility index (Phi) is 7.00. The van der Waals surface area contributed by atoms with Crippen molar-refractivity contribution in [2.45, 2.75) is 26.4 Å². The first-order chi connectivity index (χ1) is 12.8. The second kappa shape index (κ2) is 9.22. The summed E-state index contributed by atoms with van der Waals surface area (Å²) in [6.07, 6.45) is 1.88. The van der Waals surface area contributed by atoms with Crippen molar-refractivity contribution in [2.24, 2.45) is 0 Å². The van der Waals surface area contributed by atoms with E-state index in [0.717, 1.165) is 16.7 Å². The number of hydrogen-bond donors (Lipinski definition) is 1. The van der Waals surface area contributed by atoms with E-state index in [2.05, 4.69) is 0 Å². The molecule has 0 spiro atoms. The predicted molar refractivity (Wildman–Crippen MR) is 98.1 cm³/mol. The molecule has 1 unspecified atom stereocenters. The molecule has 1 aliphatic heterocycles. The summed E-state index contributed by atoms with van der Waals surface area (Å²) in [5, 5.41) is 8.04. The molecule has 1 aromatic carbocycles. The van der Waals surface area contributed by atoms with E-state index in [0.29, 0.717) is 17.7 Å². The van der Waals surface area contributed by atoms with Crippen LogP contribution < -0.4 is 4.74 Å². The van der Waals surface area contributed by atoms with Gasteiger partial charge in [-0.25, -0.2) is 4.79 Å². The summed E-state index contributed by atoms with van der Waals surface area (Å²) in [5.41, 5.74) is 0.630. The molecule has 0 aromatic heterocycles. The van der Waals surface area contributed by atoms with Crippen molar-refractivity contribution in [3.8, 4) is 5.75 Å². The first-order valence-electron chi connectivity index (χ1n) is 8.19. The summed E-state index contributed by atoms with van der Waals surface area (Å²) in [7, 11) is 0. The van der Waals surface area contributed by atoms with E-state index in [-0.39, 0.29) is 11.0 Å². The summed E-state index contributed by atoms with van der Waals surface area (Å²) in [4.78, 5) is 47.7. The molecule has 1 saturated heterocycles. The Morgan fingerprint density at radius 2 is 1.93 bits per heavy atom. The number of ether oxygens (including phenoxy) is 2. The molecule has 144 valence electrons. The molecule has 0 radical (unpaired) electrons. The van der Waals surface area contributed by atoms with Crippen LogP contribution in [-0.4, -0.2) is 52.3 Å². The Morgan fingerprint density at radius 3 is 2.52 bits per heavy atom. The summed E-state index contributed by atoms with van der Waals surface area (Å²) < 4.78 is 10.1. The third-order valence-corrected chi connectivity index (χ3v) is 4.52. The largest absolute Gasteiger partial charge is 0.482 e. The topological polar surface area (TPSA) is 110 Å². The lowest BCUT2D eigenvalue weighted by Crippen LogP contribution is -2.35. The van der Waals surface area contributed by atoms with Gasteiger partial charge in [0.25, 0.3) is 11.1 Å². The lowest BCUT2D eigenvalue weighted by Gasteiger charge is -2.14. The van der Waals surface area contributed by atoms with Gasteiger partial charge in [-0.2, -0.15) is 0 Å². The molecule has 1 aromatic rings. The van der Waals surface area contributed by atoms with Crippen LogP contribution in [0, 0.1) is 0 Å². The number of hydrogen-bond acceptors (Lipinski definition) is 7. The standard InChI is InChI=1S/C18H19NO7S/c1-3-11(2)26-16(22)9-19-17(23)14(27-18(19)24)8-12-4-6-13(7-5-12)25-10-15(20)21/h4-8,11H,3,9-10H2,1-2H3,(H,20,21). The predicted octanol–water partition coefficient (Wildman–Crippen LogP) is 2.53. The number of nitrogens with zero attached hydrogens (tertiary/aromatic N) is 1. The lowest BCUT2D eigenvalue weighted by atomic mass is 10.2. The zero-order valence-electron chi connectivity index (χ0n) is 14.8. The third kappa shape index (κ3) is 5.85. The van der Waals surface area contributed by atoms with Crippen molar-refractivity contribution < 1.29 is 33.8 Å². The van der Waals surface area contributed by atoms with Gasteiger partial charge in [0, 0.05) is 0 Å². The SMILES string of the molecule is CCC(C)OC(=O)CN1C(=O)SC(=Cc2ccc(OCC(=O)O)cc2)C1=O. The summed E-state index contributed by atoms with van der Waals surface area (Å²) in [5.74, 6) is -1.90. The quantitative estimate of drug-likeness (QED) is 0.530. The number of esters is 1. The molecule has 27 heavy (non-hydrogen) atoms. The van der Waals surface area contributed by atoms with Crippen LogP contribution in [0.3, 0.4) is 0 Å². The van der Waals surface area contributed by atoms with Gasteiger partial charge in [-0.1, -0.05) is 19.1 Å². The Morgan fingerprint density at radius 1 is 1.26 bits per heavy atom. The van der Waals surface area contributed by atoms with Gasteiger partial charge in [0.05, 0.1) is 11.0 Å². The van der Waals surface area contributed by atoms with Crippen molar-refractivity contribution >= 4 is 40.9 Å². The second-order valence-electron chi connectivity index (χ2n) is 5.73. The molecule has 1 heterocycles. The van der Waals surface area contributed by atoms with Crippen molar-refractivity contribution in [1.82, 2.24) is 4.90 Å². The first kappa shape index (κ1) is 20.5. The Labute approximate surface area is 160 Å². The van der Waals surface area contributed by atoms with E-state index in [9.17, 15) is 19.2 Å². The molecule has 2 rings (SSSR count). The maximum atomic E-state index is 12.4. The first-order valence-corrected chi connectivity index (χ1v) is 9.01. The number of amides is 2. The fraction of sp³-hybridized carbons (Fsp3) is 0.333. The average Bonchev–Trinajstić information content (AvgIpc) is 2.88. The molecule has 1 fully saturated rings. The van der Waals surface area contributed by atoms with Crippen molar-refractivity contribution in [2.75, 3.05) is 13.2 Å². The molecule has 1 aliphatic rings. The van der Waals surface area contributed by atoms with Crippen LogP contribution in [0.4, 0.5) is 4.79 Å². The second-order valence-corrected chi connectivity index (χ2v) is 6.72. The highest BCUT2D eigenvalue weighted by Crippen LogP contribution is 2.32. The molecule has 9 heteroatoms. The fourth-order valence-electron chi connectivity index (χ4n) is 2.07. The fourth-order valence-corrected chi connectivity index (χ4v) is 2.91. The number of thioether (sulfide) groups is 1. The summed E-state index contributed by atoms with van der Waals surface area (Å²) in [6, 6.07) is 6.37. The van der Waals surface area contributed by atoms with E-state index >= 15 is 0 Å². The van der Waals surface area contributed by atoms with Gasteiger partial charge in [-0.05, 0) is 48.9 Å². The summed E-state index contributed by atoms with van der Waals surface area (Å²) >= 11 is 0.743. The van der Waals surface area contributed by atoms with Gasteiger partial charge in [0.15, 0.2) is 6.61 Å². The number of benzene rings is 1. The highest BCUT2D eigenvalue weighted by molar-refractivity contribution is 8.18. The van der Waals surface area contributed by atoms with Gasteiger partial charge in [0.1, 0.15) is 12.3 Å². The van der Waals surface area contributed by atoms with Gasteiger partial charge in [-0.15, -0.1) is 0 Å². The maximum Gasteiger partial charge on any atom is 0.341 e. The molecule has 0 bridgehead atoms. The normalized spacial score (nSPS) is 16.5. The van der Waals surface area contributed by atoms with Gasteiger partial charge in [-0.3, -0.25) is 19.3 Å². The third-order valence-electron chi connectivity index (χ3n) is 3.61. The number of rotatable bonds is 8. The van der Waals surface area contributed by atoms with Crippen LogP contribution in [0.5, 0.6) is 5.75 Å². The van der Waals surface area contributed by atoms with E-state index in [1.807, 2.05) is 6.92 Å². The highest BCUT2D eigenvalue weighted by Gasteiger charge is 2.36. The molecular weight excluding hydrogens is 374 g/mol. The van der Waals surface area contributed by atoms with E-state index < -0.39 is 36.2 Å². The molecule has 0 saturated carbocycles. The molecular formula is C18H19NO7S. The van der Waals surface area contributed by atoms with Crippen LogP contribution in [-0.2, 0) is 19.1 Å². The number of aliphatic carboxylic acids is 1. The van der Waals surface area contributed by atoms with Crippen LogP contribution in [0.1, 0.15) is 25.8 Å². The maximum absolute atomic E-state index is 12.4. The minimum absolute atomic E-state index is 0.190. The Balaban J connectivity index is 2.02. The van der Waals surface area contributed by atoms with Gasteiger partial charge >= 0.3 is 11.9 Å². The number of carbonyl (C=O) groups is 4. The van der Waals surface area contributed by atoms with Crippen LogP contribution >= 0.6 is 11.8 Å². The molecule has 2 amide bonds. The minimum Gasteiger partial charge on any atom is -0.482 e. The smallest absolute Gasteiger partial charge is 0.341 e. The van der Waals surface area contributed by atoms with Gasteiger partial charge in [0.2, 0.25) is 0 Å². The van der Waals surface area contributed by atoms with E-state index in [4.69, 9.17) is 14.6 Å². The average molecular weight is 393 g/mol. The zero-order chi connectivity index (χ0) is 20.0. The number of carbonyl (C=O) groups excluding carboxylic acids is 3. The molecule has 1 atom stereocenters. The van der Waals surface area contributed by atoms with Crippen molar-refractivity contribution in [1.29, 1.82) is 0 Å². The molecule has 8 nitrogen and oxygen atoms in total. The summed E-state index contributed by atoms with van der Waals surface area (Å²) in [6.45, 7) is 2.72. The number of carboxylic acid groups (broad SMARTS) is 1. The number of imide groups is 1. The Hall–Kier alpha value is -2.81.